The third kappa shape index (κ3) is 29.4. The van der Waals surface area contributed by atoms with E-state index in [1.807, 2.05) is 0 Å². The normalized spacial score (nSPS) is 12.1. The van der Waals surface area contributed by atoms with Gasteiger partial charge in [0.15, 0.2) is 0 Å². The van der Waals surface area contributed by atoms with Crippen molar-refractivity contribution >= 4 is 11.9 Å². The van der Waals surface area contributed by atoms with E-state index in [0.717, 1.165) is 64.2 Å². The highest BCUT2D eigenvalue weighted by Gasteiger charge is 2.14. The number of hydrogen-bond acceptors (Lipinski definition) is 3. The monoisotopic (exact) mass is 524 g/mol. The predicted octanol–water partition coefficient (Wildman–Crippen LogP) is 10.9. The zero-order valence-corrected chi connectivity index (χ0v) is 25.0. The van der Waals surface area contributed by atoms with Crippen molar-refractivity contribution in [2.75, 3.05) is 0 Å². The molecule has 0 heterocycles. The highest BCUT2D eigenvalue weighted by atomic mass is 16.5. The van der Waals surface area contributed by atoms with Crippen molar-refractivity contribution in [1.82, 2.24) is 0 Å². The number of aliphatic carboxylic acids is 1. The van der Waals surface area contributed by atoms with Crippen molar-refractivity contribution in [2.24, 2.45) is 0 Å². The maximum Gasteiger partial charge on any atom is 0.306 e. The number of esters is 1. The molecular formula is C33H64O4. The van der Waals surface area contributed by atoms with Gasteiger partial charge in [-0.2, -0.15) is 0 Å². The summed E-state index contributed by atoms with van der Waals surface area (Å²) < 4.78 is 5.94. The van der Waals surface area contributed by atoms with Crippen LogP contribution in [0.25, 0.3) is 0 Å². The number of carboxylic acid groups (broad SMARTS) is 1. The average molecular weight is 525 g/mol. The first kappa shape index (κ1) is 35.9. The smallest absolute Gasteiger partial charge is 0.306 e. The molecular weight excluding hydrogens is 460 g/mol. The van der Waals surface area contributed by atoms with Crippen LogP contribution < -0.4 is 0 Å². The lowest BCUT2D eigenvalue weighted by Gasteiger charge is -2.18. The number of carbonyl (C=O) groups is 2. The molecule has 0 aliphatic carbocycles. The number of ether oxygens (including phenoxy) is 1. The molecule has 0 spiro atoms. The maximum absolute atomic E-state index is 12.5. The molecule has 0 fully saturated rings. The molecule has 0 aromatic carbocycles. The zero-order chi connectivity index (χ0) is 27.2. The van der Waals surface area contributed by atoms with E-state index < -0.39 is 5.97 Å². The molecule has 0 saturated carbocycles. The summed E-state index contributed by atoms with van der Waals surface area (Å²) in [4.78, 5) is 23.1. The second-order valence-electron chi connectivity index (χ2n) is 11.4. The molecule has 0 radical (unpaired) electrons. The first-order chi connectivity index (χ1) is 18.1. The van der Waals surface area contributed by atoms with Gasteiger partial charge in [0.05, 0.1) is 0 Å². The van der Waals surface area contributed by atoms with Crippen molar-refractivity contribution in [3.8, 4) is 0 Å². The van der Waals surface area contributed by atoms with Gasteiger partial charge in [-0.3, -0.25) is 9.59 Å². The third-order valence-corrected chi connectivity index (χ3v) is 7.58. The van der Waals surface area contributed by atoms with Gasteiger partial charge >= 0.3 is 11.9 Å². The van der Waals surface area contributed by atoms with Crippen LogP contribution >= 0.6 is 0 Å². The topological polar surface area (TPSA) is 63.6 Å². The lowest BCUT2D eigenvalue weighted by molar-refractivity contribution is -0.150. The molecule has 0 aromatic rings. The summed E-state index contributed by atoms with van der Waals surface area (Å²) in [7, 11) is 0. The van der Waals surface area contributed by atoms with E-state index in [2.05, 4.69) is 13.8 Å². The SMILES string of the molecule is CCCCCCCCCCCCCCC(CCCCCCCC(=O)O)OC(=O)CCCCCCCCC. The molecule has 1 atom stereocenters. The van der Waals surface area contributed by atoms with E-state index in [4.69, 9.17) is 9.84 Å². The van der Waals surface area contributed by atoms with Gasteiger partial charge in [-0.25, -0.2) is 0 Å². The summed E-state index contributed by atoms with van der Waals surface area (Å²) >= 11 is 0. The van der Waals surface area contributed by atoms with Crippen molar-refractivity contribution in [3.63, 3.8) is 0 Å². The molecule has 0 aliphatic rings. The number of rotatable bonds is 30. The van der Waals surface area contributed by atoms with E-state index in [9.17, 15) is 9.59 Å². The predicted molar refractivity (Wildman–Crippen MR) is 158 cm³/mol. The highest BCUT2D eigenvalue weighted by molar-refractivity contribution is 5.69. The molecule has 4 nitrogen and oxygen atoms in total. The third-order valence-electron chi connectivity index (χ3n) is 7.58. The molecule has 0 amide bonds. The van der Waals surface area contributed by atoms with Crippen LogP contribution in [0.4, 0.5) is 0 Å². The Bertz CT molecular complexity index is 491. The second kappa shape index (κ2) is 29.5. The van der Waals surface area contributed by atoms with Crippen molar-refractivity contribution in [3.05, 3.63) is 0 Å². The Morgan fingerprint density at radius 1 is 0.486 bits per heavy atom. The molecule has 0 saturated heterocycles. The molecule has 1 N–H and O–H groups in total. The number of carboxylic acids is 1. The average Bonchev–Trinajstić information content (AvgIpc) is 2.87. The first-order valence-electron chi connectivity index (χ1n) is 16.5. The fraction of sp³-hybridized carbons (Fsp3) is 0.939. The Labute approximate surface area is 231 Å². The zero-order valence-electron chi connectivity index (χ0n) is 25.0. The summed E-state index contributed by atoms with van der Waals surface area (Å²) in [6, 6.07) is 0. The molecule has 1 unspecified atom stereocenters. The van der Waals surface area contributed by atoms with Crippen molar-refractivity contribution in [1.29, 1.82) is 0 Å². The Morgan fingerprint density at radius 3 is 1.19 bits per heavy atom. The summed E-state index contributed by atoms with van der Waals surface area (Å²) in [5.74, 6) is -0.700. The molecule has 0 aromatic heterocycles. The minimum atomic E-state index is -0.699. The van der Waals surface area contributed by atoms with Crippen LogP contribution in [0, 0.1) is 0 Å². The standard InChI is InChI=1S/C33H64O4/c1-3-5-7-9-11-12-13-14-15-17-19-23-27-31(28-24-20-18-21-25-29-32(34)35)37-33(36)30-26-22-16-10-8-6-4-2/h31H,3-30H2,1-2H3,(H,34,35). The van der Waals surface area contributed by atoms with Gasteiger partial charge in [0.2, 0.25) is 0 Å². The maximum atomic E-state index is 12.5. The van der Waals surface area contributed by atoms with E-state index in [1.54, 1.807) is 0 Å². The van der Waals surface area contributed by atoms with Gasteiger partial charge in [0.1, 0.15) is 6.10 Å². The van der Waals surface area contributed by atoms with E-state index in [1.165, 1.54) is 103 Å². The number of unbranched alkanes of at least 4 members (excludes halogenated alkanes) is 21. The summed E-state index contributed by atoms with van der Waals surface area (Å²) in [6.45, 7) is 4.51. The molecule has 37 heavy (non-hydrogen) atoms. The van der Waals surface area contributed by atoms with Gasteiger partial charge in [0, 0.05) is 12.8 Å². The minimum Gasteiger partial charge on any atom is -0.481 e. The van der Waals surface area contributed by atoms with Gasteiger partial charge < -0.3 is 9.84 Å². The first-order valence-corrected chi connectivity index (χ1v) is 16.5. The summed E-state index contributed by atoms with van der Waals surface area (Å²) in [6.07, 6.45) is 32.5. The number of hydrogen-bond donors (Lipinski definition) is 1. The van der Waals surface area contributed by atoms with Gasteiger partial charge in [-0.15, -0.1) is 0 Å². The fourth-order valence-electron chi connectivity index (χ4n) is 5.13. The lowest BCUT2D eigenvalue weighted by Crippen LogP contribution is -2.18. The van der Waals surface area contributed by atoms with Crippen LogP contribution in [-0.4, -0.2) is 23.1 Å². The largest absolute Gasteiger partial charge is 0.481 e. The summed E-state index contributed by atoms with van der Waals surface area (Å²) in [5, 5.41) is 8.76. The van der Waals surface area contributed by atoms with Crippen LogP contribution in [0.3, 0.4) is 0 Å². The fourth-order valence-corrected chi connectivity index (χ4v) is 5.13. The Morgan fingerprint density at radius 2 is 0.811 bits per heavy atom. The molecule has 0 aliphatic heterocycles. The summed E-state index contributed by atoms with van der Waals surface area (Å²) in [5.41, 5.74) is 0. The lowest BCUT2D eigenvalue weighted by atomic mass is 10.0. The van der Waals surface area contributed by atoms with E-state index in [-0.39, 0.29) is 18.5 Å². The van der Waals surface area contributed by atoms with Gasteiger partial charge in [-0.05, 0) is 38.5 Å². The van der Waals surface area contributed by atoms with Gasteiger partial charge in [-0.1, -0.05) is 142 Å². The van der Waals surface area contributed by atoms with Crippen molar-refractivity contribution in [2.45, 2.75) is 200 Å². The van der Waals surface area contributed by atoms with E-state index in [0.29, 0.717) is 6.42 Å². The Balaban J connectivity index is 4.02. The minimum absolute atomic E-state index is 0.000969. The molecule has 0 bridgehead atoms. The Kier molecular flexibility index (Phi) is 28.7. The quantitative estimate of drug-likeness (QED) is 0.0749. The highest BCUT2D eigenvalue weighted by Crippen LogP contribution is 2.19. The molecule has 220 valence electrons. The van der Waals surface area contributed by atoms with E-state index >= 15 is 0 Å². The van der Waals surface area contributed by atoms with Crippen LogP contribution in [0.15, 0.2) is 0 Å². The van der Waals surface area contributed by atoms with Crippen LogP contribution in [0.2, 0.25) is 0 Å². The second-order valence-corrected chi connectivity index (χ2v) is 11.4. The van der Waals surface area contributed by atoms with Crippen LogP contribution in [-0.2, 0) is 14.3 Å². The van der Waals surface area contributed by atoms with Crippen molar-refractivity contribution < 1.29 is 19.4 Å². The van der Waals surface area contributed by atoms with Crippen LogP contribution in [0.1, 0.15) is 194 Å². The Hall–Kier alpha value is -1.06. The van der Waals surface area contributed by atoms with Gasteiger partial charge in [0.25, 0.3) is 0 Å². The van der Waals surface area contributed by atoms with Crippen LogP contribution in [0.5, 0.6) is 0 Å². The molecule has 0 rings (SSSR count). The molecule has 4 heteroatoms. The number of carbonyl (C=O) groups excluding carboxylic acids is 1.